The summed E-state index contributed by atoms with van der Waals surface area (Å²) in [5.74, 6) is 0.874. The maximum absolute atomic E-state index is 6.44. The zero-order valence-corrected chi connectivity index (χ0v) is 17.7. The number of hydrogen-bond donors (Lipinski definition) is 1. The van der Waals surface area contributed by atoms with Crippen molar-refractivity contribution >= 4 is 0 Å². The molecule has 0 aromatic carbocycles. The van der Waals surface area contributed by atoms with Crippen LogP contribution in [-0.2, 0) is 4.74 Å². The first-order valence-electron chi connectivity index (χ1n) is 10.9. The monoisotopic (exact) mass is 366 g/mol. The third-order valence-electron chi connectivity index (χ3n) is 6.86. The van der Waals surface area contributed by atoms with E-state index in [1.54, 1.807) is 0 Å². The second kappa shape index (κ2) is 9.33. The van der Waals surface area contributed by atoms with Crippen LogP contribution >= 0.6 is 0 Å². The van der Waals surface area contributed by atoms with Crippen LogP contribution in [0, 0.1) is 5.92 Å². The summed E-state index contributed by atoms with van der Waals surface area (Å²) in [6.07, 6.45) is 8.77. The van der Waals surface area contributed by atoms with Gasteiger partial charge < -0.3 is 15.0 Å². The highest BCUT2D eigenvalue weighted by molar-refractivity contribution is 4.90. The second-order valence-corrected chi connectivity index (χ2v) is 9.60. The first kappa shape index (κ1) is 20.5. The average Bonchev–Trinajstić information content (AvgIpc) is 2.61. The van der Waals surface area contributed by atoms with Crippen molar-refractivity contribution < 1.29 is 4.74 Å². The molecular formula is C21H42N4O. The Morgan fingerprint density at radius 1 is 0.923 bits per heavy atom. The summed E-state index contributed by atoms with van der Waals surface area (Å²) >= 11 is 0. The van der Waals surface area contributed by atoms with Crippen LogP contribution < -0.4 is 5.32 Å². The van der Waals surface area contributed by atoms with Gasteiger partial charge in [-0.2, -0.15) is 0 Å². The van der Waals surface area contributed by atoms with E-state index in [0.717, 1.165) is 12.6 Å². The molecule has 2 aliphatic heterocycles. The molecule has 0 aromatic heterocycles. The summed E-state index contributed by atoms with van der Waals surface area (Å²) in [6.45, 7) is 13.1. The number of rotatable bonds is 6. The normalized spacial score (nSPS) is 32.8. The number of hydrogen-bond acceptors (Lipinski definition) is 5. The van der Waals surface area contributed by atoms with Gasteiger partial charge in [-0.05, 0) is 72.4 Å². The molecule has 1 N–H and O–H groups in total. The minimum atomic E-state index is 0.274. The smallest absolute Gasteiger partial charge is 0.0603 e. The highest BCUT2D eigenvalue weighted by Crippen LogP contribution is 2.30. The summed E-state index contributed by atoms with van der Waals surface area (Å²) in [4.78, 5) is 7.72. The van der Waals surface area contributed by atoms with Gasteiger partial charge in [0.2, 0.25) is 0 Å². The standard InChI is InChI=1S/C21H42N4O/c1-21(2)16-24(13-14-25(21)17-22-3)15-18-5-7-19(8-6-18)26-20-9-11-23(4)12-10-20/h18-20,22H,5-17H2,1-4H3. The van der Waals surface area contributed by atoms with Crippen LogP contribution in [0.2, 0.25) is 0 Å². The number of piperidine rings is 1. The summed E-state index contributed by atoms with van der Waals surface area (Å²) in [7, 11) is 4.27. The fourth-order valence-corrected chi connectivity index (χ4v) is 5.14. The second-order valence-electron chi connectivity index (χ2n) is 9.60. The van der Waals surface area contributed by atoms with Crippen molar-refractivity contribution in [1.29, 1.82) is 0 Å². The quantitative estimate of drug-likeness (QED) is 0.779. The molecule has 5 heteroatoms. The van der Waals surface area contributed by atoms with Gasteiger partial charge in [0.05, 0.1) is 12.2 Å². The number of nitrogens with zero attached hydrogens (tertiary/aromatic N) is 3. The third-order valence-corrected chi connectivity index (χ3v) is 6.86. The fraction of sp³-hybridized carbons (Fsp3) is 1.00. The van der Waals surface area contributed by atoms with Gasteiger partial charge in [-0.1, -0.05) is 0 Å². The Morgan fingerprint density at radius 3 is 2.19 bits per heavy atom. The summed E-state index contributed by atoms with van der Waals surface area (Å²) < 4.78 is 6.44. The molecule has 0 amide bonds. The Bertz CT molecular complexity index is 414. The number of nitrogens with one attached hydrogen (secondary N) is 1. The maximum atomic E-state index is 6.44. The van der Waals surface area contributed by atoms with Crippen LogP contribution in [0.5, 0.6) is 0 Å². The summed E-state index contributed by atoms with van der Waals surface area (Å²) in [5, 5.41) is 3.32. The Hall–Kier alpha value is -0.200. The topological polar surface area (TPSA) is 31.0 Å². The molecule has 0 aromatic rings. The Kier molecular flexibility index (Phi) is 7.37. The van der Waals surface area contributed by atoms with Crippen molar-refractivity contribution in [1.82, 2.24) is 20.0 Å². The molecule has 5 nitrogen and oxygen atoms in total. The minimum Gasteiger partial charge on any atom is -0.375 e. The van der Waals surface area contributed by atoms with Crippen LogP contribution in [-0.4, -0.2) is 92.5 Å². The molecule has 152 valence electrons. The molecule has 3 rings (SSSR count). The largest absolute Gasteiger partial charge is 0.375 e. The molecule has 3 fully saturated rings. The van der Waals surface area contributed by atoms with Gasteiger partial charge in [0.15, 0.2) is 0 Å². The summed E-state index contributed by atoms with van der Waals surface area (Å²) in [5.41, 5.74) is 0.274. The first-order chi connectivity index (χ1) is 12.5. The molecule has 1 aliphatic carbocycles. The van der Waals surface area contributed by atoms with Gasteiger partial charge in [0, 0.05) is 51.5 Å². The van der Waals surface area contributed by atoms with Crippen molar-refractivity contribution in [3.63, 3.8) is 0 Å². The van der Waals surface area contributed by atoms with Crippen LogP contribution in [0.4, 0.5) is 0 Å². The molecule has 2 saturated heterocycles. The average molecular weight is 367 g/mol. The van der Waals surface area contributed by atoms with Gasteiger partial charge in [0.25, 0.3) is 0 Å². The lowest BCUT2D eigenvalue weighted by Gasteiger charge is -2.48. The third kappa shape index (κ3) is 5.65. The Morgan fingerprint density at radius 2 is 1.58 bits per heavy atom. The van der Waals surface area contributed by atoms with Crippen molar-refractivity contribution in [2.75, 3.05) is 60.0 Å². The number of likely N-dealkylation sites (tertiary alicyclic amines) is 1. The minimum absolute atomic E-state index is 0.274. The molecule has 3 aliphatic rings. The Labute approximate surface area is 161 Å². The lowest BCUT2D eigenvalue weighted by molar-refractivity contribution is -0.0620. The van der Waals surface area contributed by atoms with E-state index < -0.39 is 0 Å². The van der Waals surface area contributed by atoms with Gasteiger partial charge >= 0.3 is 0 Å². The van der Waals surface area contributed by atoms with Gasteiger partial charge in [-0.3, -0.25) is 9.80 Å². The number of piperazine rings is 1. The highest BCUT2D eigenvalue weighted by Gasteiger charge is 2.34. The van der Waals surface area contributed by atoms with Gasteiger partial charge in [-0.25, -0.2) is 0 Å². The zero-order valence-electron chi connectivity index (χ0n) is 17.7. The lowest BCUT2D eigenvalue weighted by atomic mass is 9.86. The predicted octanol–water partition coefficient (Wildman–Crippen LogP) is 2.23. The highest BCUT2D eigenvalue weighted by atomic mass is 16.5. The molecule has 26 heavy (non-hydrogen) atoms. The van der Waals surface area contributed by atoms with E-state index in [4.69, 9.17) is 4.74 Å². The molecule has 0 unspecified atom stereocenters. The molecule has 2 heterocycles. The van der Waals surface area contributed by atoms with Crippen LogP contribution in [0.25, 0.3) is 0 Å². The van der Waals surface area contributed by atoms with E-state index >= 15 is 0 Å². The van der Waals surface area contributed by atoms with E-state index in [1.807, 2.05) is 0 Å². The van der Waals surface area contributed by atoms with Gasteiger partial charge in [0.1, 0.15) is 0 Å². The molecule has 0 bridgehead atoms. The molecule has 1 saturated carbocycles. The van der Waals surface area contributed by atoms with Crippen LogP contribution in [0.15, 0.2) is 0 Å². The maximum Gasteiger partial charge on any atom is 0.0603 e. The lowest BCUT2D eigenvalue weighted by Crippen LogP contribution is -2.61. The van der Waals surface area contributed by atoms with Crippen molar-refractivity contribution in [3.8, 4) is 0 Å². The zero-order chi connectivity index (χ0) is 18.6. The van der Waals surface area contributed by atoms with E-state index in [9.17, 15) is 0 Å². The summed E-state index contributed by atoms with van der Waals surface area (Å²) in [6, 6.07) is 0. The Balaban J connectivity index is 1.36. The molecular weight excluding hydrogens is 324 g/mol. The first-order valence-corrected chi connectivity index (χ1v) is 10.9. The molecule has 0 radical (unpaired) electrons. The van der Waals surface area contributed by atoms with E-state index in [-0.39, 0.29) is 5.54 Å². The fourth-order valence-electron chi connectivity index (χ4n) is 5.14. The van der Waals surface area contributed by atoms with Crippen LogP contribution in [0.3, 0.4) is 0 Å². The van der Waals surface area contributed by atoms with Gasteiger partial charge in [-0.15, -0.1) is 0 Å². The SMILES string of the molecule is CNCN1CCN(CC2CCC(OC3CCN(C)CC3)CC2)CC1(C)C. The van der Waals surface area contributed by atoms with Crippen molar-refractivity contribution in [3.05, 3.63) is 0 Å². The van der Waals surface area contributed by atoms with E-state index in [1.165, 1.54) is 77.8 Å². The van der Waals surface area contributed by atoms with Crippen LogP contribution in [0.1, 0.15) is 52.4 Å². The van der Waals surface area contributed by atoms with E-state index in [2.05, 4.69) is 48.0 Å². The van der Waals surface area contributed by atoms with Crippen molar-refractivity contribution in [2.24, 2.45) is 5.92 Å². The molecule has 0 spiro atoms. The predicted molar refractivity (Wildman–Crippen MR) is 109 cm³/mol. The number of ether oxygens (including phenoxy) is 1. The van der Waals surface area contributed by atoms with E-state index in [0.29, 0.717) is 12.2 Å². The molecule has 0 atom stereocenters. The van der Waals surface area contributed by atoms with Crippen molar-refractivity contribution in [2.45, 2.75) is 70.1 Å².